The first-order valence-corrected chi connectivity index (χ1v) is 62.5. The van der Waals surface area contributed by atoms with Gasteiger partial charge in [-0.1, -0.05) is 111 Å². The number of ether oxygens (including phenoxy) is 1. The number of alkyl halides is 6. The Morgan fingerprint density at radius 1 is 0.236 bits per heavy atom. The lowest BCUT2D eigenvalue weighted by Gasteiger charge is -2.56. The average molecular weight is 2100 g/mol. The monoisotopic (exact) mass is 2100 g/mol. The van der Waals surface area contributed by atoms with Crippen molar-refractivity contribution in [3.8, 4) is 0 Å². The van der Waals surface area contributed by atoms with Crippen LogP contribution in [0.4, 0.5) is 26.3 Å². The Hall–Kier alpha value is -1.18. The van der Waals surface area contributed by atoms with Gasteiger partial charge >= 0.3 is 0 Å². The first kappa shape index (κ1) is 130. The SMILES string of the molecule is CC(C)CC1CCN(C2CN(C(C)C)C2)CC1(F)F.CC(C)CC1CCN(C2CN(C(C)C)C2)CC1(F)F.CC(C)CC1CN(C2CCN(C(C)C)CC2(F)F)C1.CC(C)CN1CC(CN2CCC3(CC2)CN(C(C)C)C3)C1.CC(C)CN1CC(OC(C)C)C1.CC(C)CN1CCC(CCN2CCN(C(C)C)CC2)CC1.CC(C)CN1CCC2(CC1)CN(C(C)C)C2.CC(C)CN1CCN(CCC2CCN(C(C)C)CC2)CC1. The zero-order valence-electron chi connectivity index (χ0n) is 103. The predicted octanol–water partition coefficient (Wildman–Crippen LogP) is 21.4. The molecule has 0 radical (unpaired) electrons. The van der Waals surface area contributed by atoms with E-state index in [0.717, 1.165) is 144 Å². The predicted molar refractivity (Wildman–Crippen MR) is 618 cm³/mol. The maximum atomic E-state index is 14.3. The molecule has 16 rings (SSSR count). The third-order valence-electron chi connectivity index (χ3n) is 36.8. The van der Waals surface area contributed by atoms with Crippen molar-refractivity contribution in [1.29, 1.82) is 0 Å². The number of rotatable bonds is 36. The van der Waals surface area contributed by atoms with Crippen LogP contribution in [0.25, 0.3) is 0 Å². The van der Waals surface area contributed by atoms with Gasteiger partial charge in [-0.15, -0.1) is 0 Å². The van der Waals surface area contributed by atoms with Crippen molar-refractivity contribution in [1.82, 2.24) is 88.2 Å². The van der Waals surface area contributed by atoms with Crippen molar-refractivity contribution in [2.75, 3.05) is 288 Å². The molecule has 16 heterocycles. The van der Waals surface area contributed by atoms with Gasteiger partial charge in [-0.3, -0.25) is 49.0 Å². The molecular weight excluding hydrogens is 1860 g/mol. The second kappa shape index (κ2) is 62.2. The zero-order valence-corrected chi connectivity index (χ0v) is 103. The molecule has 0 amide bonds. The Labute approximate surface area is 910 Å². The number of piperazine rings is 2. The molecule has 0 N–H and O–H groups in total. The maximum Gasteiger partial charge on any atom is 0.275 e. The molecule has 16 aliphatic rings. The van der Waals surface area contributed by atoms with Crippen LogP contribution in [-0.2, 0) is 4.74 Å². The molecular formula is C123H242F6N18O. The summed E-state index contributed by atoms with van der Waals surface area (Å²) in [6.45, 7) is 121. The van der Waals surface area contributed by atoms with Gasteiger partial charge in [0.15, 0.2) is 0 Å². The van der Waals surface area contributed by atoms with E-state index in [-0.39, 0.29) is 25.7 Å². The summed E-state index contributed by atoms with van der Waals surface area (Å²) in [6, 6.07) is 4.43. The Balaban J connectivity index is 0.000000189. The fraction of sp³-hybridized carbons (Fsp3) is 1.00. The standard InChI is InChI=1S/C18H35N3.2C18H37N3.3C15H28F2N2.C14H28N2.C10H21NO/c1-15(2)9-20-11-17(12-20)10-19-7-5-18(6-8-19)13-21(14-18)16(3)4;1-16(2)15-20-13-11-19(12-14-20)8-5-18-6-9-21(10-7-18)17(3)4;1-16(2)15-20-9-6-18(7-10-20)5-8-19-11-13-21(14-12-19)17(3)4;1-11(2)7-13-8-19(9-13)14-5-6-18(12(3)4)10-15(14,16)17;2*1-11(2)7-13-5-6-18(10-15(13,16)17)14-8-19(9-14)12(3)4;1-12(2)9-15-7-5-14(6-8-15)10-16(11-14)13(3)4;1-8(2)5-11-6-10(7-11)12-9(3)4/h15-17H,5-14H2,1-4H3;2*16-18H,5-15H2,1-4H3;3*11-14H,5-10H2,1-4H3;12-13H,5-11H2,1-4H3;8-10H,5-7H2,1-4H3. The van der Waals surface area contributed by atoms with E-state index in [1.54, 1.807) is 0 Å². The summed E-state index contributed by atoms with van der Waals surface area (Å²) >= 11 is 0. The van der Waals surface area contributed by atoms with Crippen LogP contribution in [0, 0.1) is 93.7 Å². The Bertz CT molecular complexity index is 3330. The van der Waals surface area contributed by atoms with Crippen LogP contribution in [0.2, 0.25) is 0 Å². The highest BCUT2D eigenvalue weighted by Crippen LogP contribution is 2.46. The van der Waals surface area contributed by atoms with Crippen LogP contribution in [0.15, 0.2) is 0 Å². The molecule has 16 aliphatic heterocycles. The molecule has 25 heteroatoms. The molecule has 0 aliphatic carbocycles. The zero-order chi connectivity index (χ0) is 109. The maximum absolute atomic E-state index is 14.3. The summed E-state index contributed by atoms with van der Waals surface area (Å²) in [5, 5.41) is 0. The molecule has 16 fully saturated rings. The number of hydrogen-bond acceptors (Lipinski definition) is 19. The lowest BCUT2D eigenvalue weighted by molar-refractivity contribution is -0.154. The summed E-state index contributed by atoms with van der Waals surface area (Å²) in [7, 11) is 0. The second-order valence-electron chi connectivity index (χ2n) is 56.9. The van der Waals surface area contributed by atoms with E-state index in [0.29, 0.717) is 103 Å². The van der Waals surface area contributed by atoms with E-state index in [2.05, 4.69) is 249 Å². The summed E-state index contributed by atoms with van der Waals surface area (Å²) in [5.41, 5.74) is 1.40. The van der Waals surface area contributed by atoms with Gasteiger partial charge < -0.3 is 43.9 Å². The minimum absolute atomic E-state index is 0.0268. The second-order valence-corrected chi connectivity index (χ2v) is 56.9. The van der Waals surface area contributed by atoms with Crippen molar-refractivity contribution in [3.63, 3.8) is 0 Å². The van der Waals surface area contributed by atoms with Crippen molar-refractivity contribution >= 4 is 0 Å². The number of likely N-dealkylation sites (tertiary alicyclic amines) is 14. The molecule has 0 aromatic heterocycles. The van der Waals surface area contributed by atoms with E-state index in [4.69, 9.17) is 4.74 Å². The molecule has 19 nitrogen and oxygen atoms in total. The topological polar surface area (TPSA) is 67.6 Å². The van der Waals surface area contributed by atoms with Crippen molar-refractivity contribution in [2.45, 2.75) is 415 Å². The third kappa shape index (κ3) is 44.0. The normalized spacial score (nSPS) is 27.0. The summed E-state index contributed by atoms with van der Waals surface area (Å²) in [6.07, 6.45) is 19.6. The Morgan fingerprint density at radius 2 is 0.561 bits per heavy atom. The first-order valence-electron chi connectivity index (χ1n) is 62.5. The summed E-state index contributed by atoms with van der Waals surface area (Å²) in [5.74, 6) is 0.635. The summed E-state index contributed by atoms with van der Waals surface area (Å²) < 4.78 is 91.0. The van der Waals surface area contributed by atoms with E-state index in [1.807, 2.05) is 61.1 Å². The number of piperidine rings is 7. The molecule has 148 heavy (non-hydrogen) atoms. The van der Waals surface area contributed by atoms with Gasteiger partial charge in [0.25, 0.3) is 17.8 Å². The van der Waals surface area contributed by atoms with E-state index in [9.17, 15) is 26.3 Å². The highest BCUT2D eigenvalue weighted by Gasteiger charge is 2.54. The van der Waals surface area contributed by atoms with Gasteiger partial charge in [-0.25, -0.2) is 26.3 Å². The highest BCUT2D eigenvalue weighted by molar-refractivity contribution is 5.04. The highest BCUT2D eigenvalue weighted by atomic mass is 19.3. The average Bonchev–Trinajstić information content (AvgIpc) is 0.752. The third-order valence-corrected chi connectivity index (χ3v) is 36.8. The van der Waals surface area contributed by atoms with Crippen molar-refractivity contribution in [2.24, 2.45) is 93.7 Å². The molecule has 16 saturated heterocycles. The van der Waals surface area contributed by atoms with Gasteiger partial charge in [-0.05, 0) is 374 Å². The van der Waals surface area contributed by atoms with E-state index in [1.165, 1.54) is 267 Å². The molecule has 2 spiro atoms. The molecule has 0 aromatic carbocycles. The minimum atomic E-state index is -2.55. The lowest BCUT2D eigenvalue weighted by atomic mass is 9.71. The van der Waals surface area contributed by atoms with Gasteiger partial charge in [0.1, 0.15) is 0 Å². The fourth-order valence-electron chi connectivity index (χ4n) is 27.3. The Kier molecular flexibility index (Phi) is 54.7. The van der Waals surface area contributed by atoms with Crippen LogP contribution in [0.1, 0.15) is 324 Å². The molecule has 0 bridgehead atoms. The molecule has 872 valence electrons. The van der Waals surface area contributed by atoms with E-state index < -0.39 is 35.6 Å². The largest absolute Gasteiger partial charge is 0.373 e. The molecule has 3 atom stereocenters. The van der Waals surface area contributed by atoms with Crippen LogP contribution >= 0.6 is 0 Å². The quantitative estimate of drug-likeness (QED) is 0.0559. The van der Waals surface area contributed by atoms with Crippen LogP contribution < -0.4 is 0 Å². The van der Waals surface area contributed by atoms with Crippen molar-refractivity contribution < 1.29 is 31.1 Å². The Morgan fingerprint density at radius 3 is 0.912 bits per heavy atom. The number of hydrogen-bond donors (Lipinski definition) is 0. The van der Waals surface area contributed by atoms with Gasteiger partial charge in [0.2, 0.25) is 0 Å². The van der Waals surface area contributed by atoms with Crippen LogP contribution in [0.3, 0.4) is 0 Å². The minimum Gasteiger partial charge on any atom is -0.373 e. The lowest BCUT2D eigenvalue weighted by Crippen LogP contribution is -2.64. The number of halogens is 6. The fourth-order valence-corrected chi connectivity index (χ4v) is 27.3. The van der Waals surface area contributed by atoms with Crippen LogP contribution in [-0.4, -0.2) is 467 Å². The van der Waals surface area contributed by atoms with E-state index >= 15 is 0 Å². The van der Waals surface area contributed by atoms with Gasteiger partial charge in [0.05, 0.1) is 37.9 Å². The smallest absolute Gasteiger partial charge is 0.275 e. The number of nitrogens with zero attached hydrogens (tertiary/aromatic N) is 18. The first-order chi connectivity index (χ1) is 69.5. The summed E-state index contributed by atoms with van der Waals surface area (Å²) in [4.78, 5) is 44.4. The van der Waals surface area contributed by atoms with Crippen LogP contribution in [0.5, 0.6) is 0 Å². The van der Waals surface area contributed by atoms with Gasteiger partial charge in [-0.2, -0.15) is 0 Å². The molecule has 0 saturated carbocycles. The van der Waals surface area contributed by atoms with Gasteiger partial charge in [0, 0.05) is 256 Å². The van der Waals surface area contributed by atoms with Crippen molar-refractivity contribution in [3.05, 3.63) is 0 Å². The molecule has 3 unspecified atom stereocenters. The molecule has 0 aromatic rings.